The van der Waals surface area contributed by atoms with Crippen molar-refractivity contribution in [1.82, 2.24) is 5.43 Å². The van der Waals surface area contributed by atoms with E-state index in [2.05, 4.69) is 31.8 Å². The van der Waals surface area contributed by atoms with Crippen molar-refractivity contribution in [3.8, 4) is 0 Å². The number of anilines is 1. The summed E-state index contributed by atoms with van der Waals surface area (Å²) in [6, 6.07) is 7.78. The molecule has 22 heavy (non-hydrogen) atoms. The molecule has 0 aliphatic carbocycles. The van der Waals surface area contributed by atoms with Crippen LogP contribution in [0.3, 0.4) is 0 Å². The van der Waals surface area contributed by atoms with Crippen LogP contribution >= 0.6 is 27.3 Å². The molecule has 0 atom stereocenters. The van der Waals surface area contributed by atoms with Gasteiger partial charge in [0.2, 0.25) is 0 Å². The highest BCUT2D eigenvalue weighted by Gasteiger charge is 2.15. The predicted molar refractivity (Wildman–Crippen MR) is 87.4 cm³/mol. The molecule has 2 amide bonds. The number of amides is 2. The van der Waals surface area contributed by atoms with E-state index in [1.807, 2.05) is 17.5 Å². The Labute approximate surface area is 138 Å². The number of nitrogens with one attached hydrogen (secondary N) is 2. The van der Waals surface area contributed by atoms with Crippen LogP contribution in [0.2, 0.25) is 0 Å². The van der Waals surface area contributed by atoms with Crippen molar-refractivity contribution in [3.63, 3.8) is 0 Å². The first-order chi connectivity index (χ1) is 10.5. The second-order valence-corrected chi connectivity index (χ2v) is 6.06. The first-order valence-corrected chi connectivity index (χ1v) is 7.79. The molecule has 2 rings (SSSR count). The zero-order chi connectivity index (χ0) is 16.1. The van der Waals surface area contributed by atoms with Gasteiger partial charge in [0, 0.05) is 9.35 Å². The number of rotatable bonds is 3. The van der Waals surface area contributed by atoms with Gasteiger partial charge in [-0.1, -0.05) is 22.0 Å². The molecule has 8 heteroatoms. The van der Waals surface area contributed by atoms with Crippen molar-refractivity contribution < 1.29 is 14.0 Å². The molecule has 0 aliphatic rings. The predicted octanol–water partition coefficient (Wildman–Crippen LogP) is 3.13. The lowest BCUT2D eigenvalue weighted by Crippen LogP contribution is -2.33. The highest BCUT2D eigenvalue weighted by atomic mass is 79.9. The van der Waals surface area contributed by atoms with Crippen LogP contribution < -0.4 is 10.7 Å². The van der Waals surface area contributed by atoms with E-state index in [0.29, 0.717) is 10.2 Å². The van der Waals surface area contributed by atoms with E-state index in [1.165, 1.54) is 23.5 Å². The Bertz CT molecular complexity index is 732. The minimum Gasteiger partial charge on any atom is -0.315 e. The number of carbonyl (C=O) groups is 2. The molecular formula is C14H11BrFN3O2S. The van der Waals surface area contributed by atoms with Crippen molar-refractivity contribution in [3.05, 3.63) is 50.9 Å². The number of nitrogens with zero attached hydrogens (tertiary/aromatic N) is 1. The maximum Gasteiger partial charge on any atom is 0.329 e. The van der Waals surface area contributed by atoms with Crippen LogP contribution in [0.15, 0.2) is 45.3 Å². The first kappa shape index (κ1) is 16.3. The van der Waals surface area contributed by atoms with Crippen LogP contribution in [0.1, 0.15) is 11.8 Å². The number of hydrogen-bond donors (Lipinski definition) is 2. The van der Waals surface area contributed by atoms with Crippen molar-refractivity contribution in [2.24, 2.45) is 5.10 Å². The Kier molecular flexibility index (Phi) is 5.40. The zero-order valence-electron chi connectivity index (χ0n) is 11.4. The van der Waals surface area contributed by atoms with Gasteiger partial charge in [-0.25, -0.2) is 9.82 Å². The molecule has 0 bridgehead atoms. The van der Waals surface area contributed by atoms with Gasteiger partial charge in [0.25, 0.3) is 0 Å². The molecular weight excluding hydrogens is 373 g/mol. The van der Waals surface area contributed by atoms with Crippen molar-refractivity contribution in [1.29, 1.82) is 0 Å². The topological polar surface area (TPSA) is 70.6 Å². The molecule has 0 spiro atoms. The standard InChI is InChI=1S/C14H11BrFN3O2S/c1-8(12-3-2-6-22-12)18-19-14(21)13(20)17-11-5-4-9(15)7-10(11)16/h2-7H,1H3,(H,17,20)(H,19,21). The van der Waals surface area contributed by atoms with Crippen molar-refractivity contribution in [2.75, 3.05) is 5.32 Å². The van der Waals surface area contributed by atoms with Gasteiger partial charge in [0.15, 0.2) is 0 Å². The summed E-state index contributed by atoms with van der Waals surface area (Å²) in [5.41, 5.74) is 2.63. The molecule has 0 fully saturated rings. The third kappa shape index (κ3) is 4.22. The number of thiophene rings is 1. The number of hydrazone groups is 1. The molecule has 0 aliphatic heterocycles. The summed E-state index contributed by atoms with van der Waals surface area (Å²) < 4.78 is 14.1. The number of hydrogen-bond acceptors (Lipinski definition) is 4. The fourth-order valence-electron chi connectivity index (χ4n) is 1.49. The molecule has 0 saturated heterocycles. The van der Waals surface area contributed by atoms with E-state index < -0.39 is 17.6 Å². The lowest BCUT2D eigenvalue weighted by molar-refractivity contribution is -0.136. The summed E-state index contributed by atoms with van der Waals surface area (Å²) >= 11 is 4.56. The Morgan fingerprint density at radius 1 is 1.27 bits per heavy atom. The smallest absolute Gasteiger partial charge is 0.315 e. The van der Waals surface area contributed by atoms with Gasteiger partial charge in [0.05, 0.1) is 11.4 Å². The van der Waals surface area contributed by atoms with E-state index in [0.717, 1.165) is 4.88 Å². The van der Waals surface area contributed by atoms with Gasteiger partial charge in [-0.2, -0.15) is 5.10 Å². The van der Waals surface area contributed by atoms with E-state index in [9.17, 15) is 14.0 Å². The second-order valence-electron chi connectivity index (χ2n) is 4.19. The molecule has 0 unspecified atom stereocenters. The number of carbonyl (C=O) groups excluding carboxylic acids is 2. The number of benzene rings is 1. The normalized spacial score (nSPS) is 11.1. The molecule has 0 saturated carbocycles. The zero-order valence-corrected chi connectivity index (χ0v) is 13.8. The fraction of sp³-hybridized carbons (Fsp3) is 0.0714. The van der Waals surface area contributed by atoms with Gasteiger partial charge in [-0.3, -0.25) is 9.59 Å². The quantitative estimate of drug-likeness (QED) is 0.485. The summed E-state index contributed by atoms with van der Waals surface area (Å²) in [7, 11) is 0. The Hall–Kier alpha value is -2.06. The van der Waals surface area contributed by atoms with E-state index in [-0.39, 0.29) is 5.69 Å². The summed E-state index contributed by atoms with van der Waals surface area (Å²) in [5.74, 6) is -2.61. The molecule has 114 valence electrons. The molecule has 0 radical (unpaired) electrons. The molecule has 2 aromatic rings. The Morgan fingerprint density at radius 3 is 2.68 bits per heavy atom. The monoisotopic (exact) mass is 383 g/mol. The number of halogens is 2. The van der Waals surface area contributed by atoms with Crippen LogP contribution in [-0.4, -0.2) is 17.5 Å². The van der Waals surface area contributed by atoms with Gasteiger partial charge in [0.1, 0.15) is 5.82 Å². The minimum absolute atomic E-state index is 0.0812. The third-order valence-corrected chi connectivity index (χ3v) is 4.06. The lowest BCUT2D eigenvalue weighted by Gasteiger charge is -2.06. The van der Waals surface area contributed by atoms with Crippen LogP contribution in [0.4, 0.5) is 10.1 Å². The first-order valence-electron chi connectivity index (χ1n) is 6.12. The Morgan fingerprint density at radius 2 is 2.05 bits per heavy atom. The van der Waals surface area contributed by atoms with E-state index in [1.54, 1.807) is 13.0 Å². The average Bonchev–Trinajstić information content (AvgIpc) is 3.01. The van der Waals surface area contributed by atoms with Crippen LogP contribution in [0.25, 0.3) is 0 Å². The highest BCUT2D eigenvalue weighted by molar-refractivity contribution is 9.10. The van der Waals surface area contributed by atoms with Crippen LogP contribution in [0.5, 0.6) is 0 Å². The van der Waals surface area contributed by atoms with Gasteiger partial charge < -0.3 is 5.32 Å². The van der Waals surface area contributed by atoms with Crippen LogP contribution in [-0.2, 0) is 9.59 Å². The molecule has 1 aromatic heterocycles. The van der Waals surface area contributed by atoms with Gasteiger partial charge >= 0.3 is 11.8 Å². The van der Waals surface area contributed by atoms with Crippen LogP contribution in [0, 0.1) is 5.82 Å². The van der Waals surface area contributed by atoms with E-state index >= 15 is 0 Å². The molecule has 2 N–H and O–H groups in total. The third-order valence-electron chi connectivity index (χ3n) is 2.59. The maximum atomic E-state index is 13.6. The van der Waals surface area contributed by atoms with E-state index in [4.69, 9.17) is 0 Å². The maximum absolute atomic E-state index is 13.6. The Balaban J connectivity index is 1.98. The fourth-order valence-corrected chi connectivity index (χ4v) is 2.51. The summed E-state index contributed by atoms with van der Waals surface area (Å²) in [4.78, 5) is 24.2. The molecule has 1 aromatic carbocycles. The SMILES string of the molecule is CC(=NNC(=O)C(=O)Nc1ccc(Br)cc1F)c1cccs1. The molecule has 5 nitrogen and oxygen atoms in total. The highest BCUT2D eigenvalue weighted by Crippen LogP contribution is 2.19. The second kappa shape index (κ2) is 7.28. The lowest BCUT2D eigenvalue weighted by atomic mass is 10.3. The largest absolute Gasteiger partial charge is 0.329 e. The summed E-state index contributed by atoms with van der Waals surface area (Å²) in [5, 5.41) is 7.89. The van der Waals surface area contributed by atoms with Crippen molar-refractivity contribution in [2.45, 2.75) is 6.92 Å². The summed E-state index contributed by atoms with van der Waals surface area (Å²) in [6.45, 7) is 1.71. The minimum atomic E-state index is -0.996. The average molecular weight is 384 g/mol. The van der Waals surface area contributed by atoms with Gasteiger partial charge in [-0.15, -0.1) is 11.3 Å². The molecule has 1 heterocycles. The van der Waals surface area contributed by atoms with Gasteiger partial charge in [-0.05, 0) is 36.6 Å². The van der Waals surface area contributed by atoms with Crippen molar-refractivity contribution >= 4 is 50.5 Å². The summed E-state index contributed by atoms with van der Waals surface area (Å²) in [6.07, 6.45) is 0.